The van der Waals surface area contributed by atoms with Crippen molar-refractivity contribution in [3.8, 4) is 0 Å². The zero-order valence-corrected chi connectivity index (χ0v) is 11.7. The van der Waals surface area contributed by atoms with Crippen LogP contribution in [0, 0.1) is 0 Å². The van der Waals surface area contributed by atoms with Crippen molar-refractivity contribution >= 4 is 0 Å². The minimum atomic E-state index is 0.477. The van der Waals surface area contributed by atoms with Crippen LogP contribution in [-0.2, 0) is 9.47 Å². The van der Waals surface area contributed by atoms with Gasteiger partial charge in [0.25, 0.3) is 0 Å². The van der Waals surface area contributed by atoms with E-state index in [1.807, 2.05) is 0 Å². The topological polar surface area (TPSA) is 18.5 Å². The normalized spacial score (nSPS) is 23.1. The molecule has 104 valence electrons. The van der Waals surface area contributed by atoms with Gasteiger partial charge in [0.1, 0.15) is 0 Å². The smallest absolute Gasteiger partial charge is 0.0700 e. The van der Waals surface area contributed by atoms with Gasteiger partial charge in [0.15, 0.2) is 0 Å². The second-order valence-electron chi connectivity index (χ2n) is 5.89. The standard InChI is InChI=1S/C16H28O2/c1-14(12-17-15-8-4-2-5-9-15)13-18-16-10-6-3-7-11-16/h15-16H,1-13H2. The van der Waals surface area contributed by atoms with Crippen LogP contribution in [-0.4, -0.2) is 25.4 Å². The van der Waals surface area contributed by atoms with Gasteiger partial charge in [-0.1, -0.05) is 45.1 Å². The maximum absolute atomic E-state index is 5.91. The van der Waals surface area contributed by atoms with Gasteiger partial charge in [-0.25, -0.2) is 0 Å². The first kappa shape index (κ1) is 14.1. The van der Waals surface area contributed by atoms with Crippen LogP contribution in [0.25, 0.3) is 0 Å². The van der Waals surface area contributed by atoms with E-state index in [0.29, 0.717) is 25.4 Å². The summed E-state index contributed by atoms with van der Waals surface area (Å²) >= 11 is 0. The zero-order chi connectivity index (χ0) is 12.6. The molecule has 0 spiro atoms. The molecule has 2 fully saturated rings. The van der Waals surface area contributed by atoms with Crippen molar-refractivity contribution in [1.29, 1.82) is 0 Å². The monoisotopic (exact) mass is 252 g/mol. The molecule has 0 atom stereocenters. The molecule has 0 amide bonds. The van der Waals surface area contributed by atoms with Crippen LogP contribution in [0.15, 0.2) is 12.2 Å². The fraction of sp³-hybridized carbons (Fsp3) is 0.875. The molecule has 2 heteroatoms. The van der Waals surface area contributed by atoms with Gasteiger partial charge in [-0.3, -0.25) is 0 Å². The molecule has 2 saturated carbocycles. The average Bonchev–Trinajstić information content (AvgIpc) is 2.45. The van der Waals surface area contributed by atoms with E-state index in [2.05, 4.69) is 6.58 Å². The lowest BCUT2D eigenvalue weighted by molar-refractivity contribution is 0.0165. The second kappa shape index (κ2) is 7.96. The molecule has 2 aliphatic rings. The van der Waals surface area contributed by atoms with Gasteiger partial charge in [0, 0.05) is 0 Å². The Morgan fingerprint density at radius 3 is 1.50 bits per heavy atom. The van der Waals surface area contributed by atoms with Crippen LogP contribution in [0.4, 0.5) is 0 Å². The Bertz CT molecular complexity index is 213. The Labute approximate surface area is 112 Å². The van der Waals surface area contributed by atoms with Gasteiger partial charge in [0.2, 0.25) is 0 Å². The first-order chi connectivity index (χ1) is 8.84. The minimum Gasteiger partial charge on any atom is -0.374 e. The van der Waals surface area contributed by atoms with Crippen molar-refractivity contribution in [2.45, 2.75) is 76.4 Å². The highest BCUT2D eigenvalue weighted by Gasteiger charge is 2.16. The summed E-state index contributed by atoms with van der Waals surface area (Å²) in [4.78, 5) is 0. The molecule has 2 aliphatic carbocycles. The molecule has 0 unspecified atom stereocenters. The summed E-state index contributed by atoms with van der Waals surface area (Å²) in [5, 5.41) is 0. The molecule has 0 N–H and O–H groups in total. The third-order valence-electron chi connectivity index (χ3n) is 4.15. The van der Waals surface area contributed by atoms with E-state index in [9.17, 15) is 0 Å². The first-order valence-corrected chi connectivity index (χ1v) is 7.74. The summed E-state index contributed by atoms with van der Waals surface area (Å²) in [6.45, 7) is 5.46. The Hall–Kier alpha value is -0.340. The lowest BCUT2D eigenvalue weighted by Crippen LogP contribution is -2.21. The maximum atomic E-state index is 5.91. The largest absolute Gasteiger partial charge is 0.374 e. The van der Waals surface area contributed by atoms with Gasteiger partial charge < -0.3 is 9.47 Å². The summed E-state index contributed by atoms with van der Waals surface area (Å²) in [6, 6.07) is 0. The van der Waals surface area contributed by atoms with E-state index in [1.54, 1.807) is 0 Å². The summed E-state index contributed by atoms with van der Waals surface area (Å²) in [7, 11) is 0. The van der Waals surface area contributed by atoms with Crippen LogP contribution in [0.3, 0.4) is 0 Å². The third-order valence-corrected chi connectivity index (χ3v) is 4.15. The highest BCUT2D eigenvalue weighted by atomic mass is 16.5. The lowest BCUT2D eigenvalue weighted by atomic mass is 9.97. The predicted molar refractivity (Wildman–Crippen MR) is 74.8 cm³/mol. The zero-order valence-electron chi connectivity index (χ0n) is 11.7. The summed E-state index contributed by atoms with van der Waals surface area (Å²) in [6.07, 6.45) is 14.0. The summed E-state index contributed by atoms with van der Waals surface area (Å²) in [5.41, 5.74) is 1.10. The molecule has 18 heavy (non-hydrogen) atoms. The van der Waals surface area contributed by atoms with E-state index in [1.165, 1.54) is 64.2 Å². The predicted octanol–water partition coefficient (Wildman–Crippen LogP) is 4.24. The highest BCUT2D eigenvalue weighted by molar-refractivity contribution is 4.95. The first-order valence-electron chi connectivity index (χ1n) is 7.74. The third kappa shape index (κ3) is 5.11. The van der Waals surface area contributed by atoms with Crippen molar-refractivity contribution < 1.29 is 9.47 Å². The molecule has 0 aromatic heterocycles. The molecule has 0 heterocycles. The van der Waals surface area contributed by atoms with Crippen molar-refractivity contribution in [1.82, 2.24) is 0 Å². The quantitative estimate of drug-likeness (QED) is 0.658. The highest BCUT2D eigenvalue weighted by Crippen LogP contribution is 2.22. The Morgan fingerprint density at radius 1 is 0.722 bits per heavy atom. The maximum Gasteiger partial charge on any atom is 0.0700 e. The summed E-state index contributed by atoms with van der Waals surface area (Å²) in [5.74, 6) is 0. The molecule has 0 aromatic carbocycles. The molecule has 0 saturated heterocycles. The van der Waals surface area contributed by atoms with Crippen molar-refractivity contribution in [3.63, 3.8) is 0 Å². The average molecular weight is 252 g/mol. The Kier molecular flexibility index (Phi) is 6.22. The van der Waals surface area contributed by atoms with Crippen molar-refractivity contribution in [2.75, 3.05) is 13.2 Å². The number of hydrogen-bond donors (Lipinski definition) is 0. The number of rotatable bonds is 6. The van der Waals surface area contributed by atoms with Gasteiger partial charge in [-0.2, -0.15) is 0 Å². The van der Waals surface area contributed by atoms with Crippen molar-refractivity contribution in [3.05, 3.63) is 12.2 Å². The van der Waals surface area contributed by atoms with Crippen LogP contribution in [0.2, 0.25) is 0 Å². The van der Waals surface area contributed by atoms with Crippen LogP contribution in [0.1, 0.15) is 64.2 Å². The van der Waals surface area contributed by atoms with Gasteiger partial charge in [0.05, 0.1) is 25.4 Å². The number of hydrogen-bond acceptors (Lipinski definition) is 2. The number of ether oxygens (including phenoxy) is 2. The molecule has 0 aromatic rings. The molecule has 2 nitrogen and oxygen atoms in total. The van der Waals surface area contributed by atoms with E-state index >= 15 is 0 Å². The minimum absolute atomic E-state index is 0.477. The summed E-state index contributed by atoms with van der Waals surface area (Å²) < 4.78 is 11.8. The van der Waals surface area contributed by atoms with Gasteiger partial charge in [-0.05, 0) is 31.3 Å². The van der Waals surface area contributed by atoms with Crippen LogP contribution < -0.4 is 0 Å². The molecule has 0 radical (unpaired) electrons. The SMILES string of the molecule is C=C(COC1CCCCC1)COC1CCCCC1. The van der Waals surface area contributed by atoms with E-state index < -0.39 is 0 Å². The lowest BCUT2D eigenvalue weighted by Gasteiger charge is -2.24. The van der Waals surface area contributed by atoms with Crippen LogP contribution in [0.5, 0.6) is 0 Å². The van der Waals surface area contributed by atoms with Crippen molar-refractivity contribution in [2.24, 2.45) is 0 Å². The second-order valence-corrected chi connectivity index (χ2v) is 5.89. The van der Waals surface area contributed by atoms with E-state index in [4.69, 9.17) is 9.47 Å². The molecular formula is C16H28O2. The van der Waals surface area contributed by atoms with E-state index in [-0.39, 0.29) is 0 Å². The Balaban J connectivity index is 1.54. The molecule has 0 bridgehead atoms. The molecular weight excluding hydrogens is 224 g/mol. The molecule has 2 rings (SSSR count). The fourth-order valence-corrected chi connectivity index (χ4v) is 2.98. The molecule has 0 aliphatic heterocycles. The van der Waals surface area contributed by atoms with Crippen LogP contribution >= 0.6 is 0 Å². The van der Waals surface area contributed by atoms with Gasteiger partial charge >= 0.3 is 0 Å². The van der Waals surface area contributed by atoms with Gasteiger partial charge in [-0.15, -0.1) is 0 Å². The fourth-order valence-electron chi connectivity index (χ4n) is 2.98. The van der Waals surface area contributed by atoms with E-state index in [0.717, 1.165) is 5.57 Å². The Morgan fingerprint density at radius 2 is 1.11 bits per heavy atom.